The van der Waals surface area contributed by atoms with Gasteiger partial charge in [0.05, 0.1) is 12.7 Å². The van der Waals surface area contributed by atoms with Gasteiger partial charge in [0, 0.05) is 23.9 Å². The highest BCUT2D eigenvalue weighted by Crippen LogP contribution is 2.32. The number of hydrogen-bond donors (Lipinski definition) is 2. The number of nitrogens with one attached hydrogen (secondary N) is 2. The lowest BCUT2D eigenvalue weighted by molar-refractivity contribution is -0.116. The van der Waals surface area contributed by atoms with E-state index in [2.05, 4.69) is 10.6 Å². The molecule has 0 aliphatic heterocycles. The second-order valence-electron chi connectivity index (χ2n) is 4.89. The Balaban J connectivity index is 2.74. The van der Waals surface area contributed by atoms with Crippen molar-refractivity contribution < 1.29 is 14.3 Å². The van der Waals surface area contributed by atoms with Crippen molar-refractivity contribution in [2.45, 2.75) is 40.2 Å². The quantitative estimate of drug-likeness (QED) is 0.792. The van der Waals surface area contributed by atoms with Crippen LogP contribution in [0, 0.1) is 13.8 Å². The Bertz CT molecular complexity index is 495. The van der Waals surface area contributed by atoms with Crippen molar-refractivity contribution >= 4 is 28.2 Å². The molecule has 0 unspecified atom stereocenters. The second kappa shape index (κ2) is 7.40. The van der Waals surface area contributed by atoms with Crippen LogP contribution in [0.5, 0.6) is 0 Å². The molecule has 1 aromatic heterocycles. The Kier molecular flexibility index (Phi) is 6.16. The molecule has 0 saturated heterocycles. The number of thiophene rings is 1. The molecular formula is C14H22N2O3S. The summed E-state index contributed by atoms with van der Waals surface area (Å²) in [7, 11) is 1.34. The van der Waals surface area contributed by atoms with Crippen molar-refractivity contribution in [3.63, 3.8) is 0 Å². The summed E-state index contributed by atoms with van der Waals surface area (Å²) in [4.78, 5) is 24.7. The van der Waals surface area contributed by atoms with Crippen LogP contribution in [0.15, 0.2) is 0 Å². The minimum Gasteiger partial charge on any atom is -0.465 e. The fourth-order valence-corrected chi connectivity index (χ4v) is 2.79. The summed E-state index contributed by atoms with van der Waals surface area (Å²) < 4.78 is 4.77. The molecule has 6 heteroatoms. The van der Waals surface area contributed by atoms with Crippen molar-refractivity contribution in [3.8, 4) is 0 Å². The van der Waals surface area contributed by atoms with Crippen LogP contribution >= 0.6 is 11.3 Å². The van der Waals surface area contributed by atoms with Gasteiger partial charge in [0.25, 0.3) is 0 Å². The van der Waals surface area contributed by atoms with Gasteiger partial charge < -0.3 is 15.4 Å². The van der Waals surface area contributed by atoms with Gasteiger partial charge in [-0.15, -0.1) is 11.3 Å². The van der Waals surface area contributed by atoms with Crippen LogP contribution in [-0.2, 0) is 9.53 Å². The number of carbonyl (C=O) groups excluding carboxylic acids is 2. The lowest BCUT2D eigenvalue weighted by Gasteiger charge is -2.08. The second-order valence-corrected chi connectivity index (χ2v) is 6.11. The van der Waals surface area contributed by atoms with Crippen LogP contribution in [0.25, 0.3) is 0 Å². The molecule has 2 N–H and O–H groups in total. The summed E-state index contributed by atoms with van der Waals surface area (Å²) in [5.74, 6) is -0.521. The van der Waals surface area contributed by atoms with E-state index in [1.807, 2.05) is 27.7 Å². The zero-order valence-corrected chi connectivity index (χ0v) is 13.4. The van der Waals surface area contributed by atoms with Crippen LogP contribution in [-0.4, -0.2) is 31.6 Å². The van der Waals surface area contributed by atoms with Crippen molar-refractivity contribution in [3.05, 3.63) is 16.0 Å². The number of amides is 1. The summed E-state index contributed by atoms with van der Waals surface area (Å²) in [6, 6.07) is 0.347. The molecule has 0 aromatic carbocycles. The first-order chi connectivity index (χ1) is 9.36. The van der Waals surface area contributed by atoms with Crippen molar-refractivity contribution in [2.75, 3.05) is 19.0 Å². The highest BCUT2D eigenvalue weighted by atomic mass is 32.1. The maximum Gasteiger partial charge on any atom is 0.341 e. The molecule has 0 radical (unpaired) electrons. The highest BCUT2D eigenvalue weighted by molar-refractivity contribution is 7.16. The molecular weight excluding hydrogens is 276 g/mol. The van der Waals surface area contributed by atoms with Crippen molar-refractivity contribution in [1.29, 1.82) is 0 Å². The molecule has 20 heavy (non-hydrogen) atoms. The zero-order chi connectivity index (χ0) is 15.3. The average molecular weight is 298 g/mol. The van der Waals surface area contributed by atoms with Crippen LogP contribution in [0.3, 0.4) is 0 Å². The van der Waals surface area contributed by atoms with E-state index in [1.54, 1.807) is 0 Å². The van der Waals surface area contributed by atoms with E-state index in [0.29, 0.717) is 29.6 Å². The summed E-state index contributed by atoms with van der Waals surface area (Å²) in [5, 5.41) is 6.55. The van der Waals surface area contributed by atoms with Gasteiger partial charge in [-0.05, 0) is 19.4 Å². The lowest BCUT2D eigenvalue weighted by atomic mass is 10.1. The van der Waals surface area contributed by atoms with E-state index in [-0.39, 0.29) is 5.91 Å². The number of carbonyl (C=O) groups is 2. The van der Waals surface area contributed by atoms with Gasteiger partial charge in [0.1, 0.15) is 5.00 Å². The van der Waals surface area contributed by atoms with Gasteiger partial charge in [-0.25, -0.2) is 4.79 Å². The van der Waals surface area contributed by atoms with E-state index in [0.717, 1.165) is 10.4 Å². The van der Waals surface area contributed by atoms with E-state index in [9.17, 15) is 9.59 Å². The highest BCUT2D eigenvalue weighted by Gasteiger charge is 2.21. The molecule has 0 aliphatic rings. The van der Waals surface area contributed by atoms with Gasteiger partial charge >= 0.3 is 5.97 Å². The number of ether oxygens (including phenoxy) is 1. The van der Waals surface area contributed by atoms with E-state index < -0.39 is 5.97 Å². The summed E-state index contributed by atoms with van der Waals surface area (Å²) in [6.45, 7) is 8.44. The first-order valence-electron chi connectivity index (χ1n) is 6.58. The molecule has 5 nitrogen and oxygen atoms in total. The molecule has 0 aliphatic carbocycles. The summed E-state index contributed by atoms with van der Waals surface area (Å²) >= 11 is 1.40. The third kappa shape index (κ3) is 4.31. The SMILES string of the molecule is COC(=O)c1c(NC(=O)CCNC(C)C)sc(C)c1C. The fraction of sp³-hybridized carbons (Fsp3) is 0.571. The van der Waals surface area contributed by atoms with Crippen molar-refractivity contribution in [2.24, 2.45) is 0 Å². The Morgan fingerprint density at radius 3 is 2.50 bits per heavy atom. The molecule has 1 aromatic rings. The molecule has 1 amide bonds. The Hall–Kier alpha value is -1.40. The molecule has 0 bridgehead atoms. The van der Waals surface area contributed by atoms with E-state index >= 15 is 0 Å². The standard InChI is InChI=1S/C14H22N2O3S/c1-8(2)15-7-6-11(17)16-13-12(14(18)19-5)9(3)10(4)20-13/h8,15H,6-7H2,1-5H3,(H,16,17). The monoisotopic (exact) mass is 298 g/mol. The first kappa shape index (κ1) is 16.7. The van der Waals surface area contributed by atoms with Crippen LogP contribution in [0.2, 0.25) is 0 Å². The molecule has 0 spiro atoms. The lowest BCUT2D eigenvalue weighted by Crippen LogP contribution is -2.27. The smallest absolute Gasteiger partial charge is 0.341 e. The molecule has 0 atom stereocenters. The van der Waals surface area contributed by atoms with Gasteiger partial charge in [-0.1, -0.05) is 13.8 Å². The maximum absolute atomic E-state index is 11.9. The average Bonchev–Trinajstić information content (AvgIpc) is 2.63. The minimum atomic E-state index is -0.414. The molecule has 1 rings (SSSR count). The third-order valence-corrected chi connectivity index (χ3v) is 4.06. The Morgan fingerprint density at radius 2 is 1.95 bits per heavy atom. The van der Waals surface area contributed by atoms with Gasteiger partial charge in [0.2, 0.25) is 5.91 Å². The van der Waals surface area contributed by atoms with Crippen LogP contribution < -0.4 is 10.6 Å². The molecule has 0 saturated carbocycles. The van der Waals surface area contributed by atoms with Gasteiger partial charge in [-0.3, -0.25) is 4.79 Å². The fourth-order valence-electron chi connectivity index (χ4n) is 1.73. The molecule has 1 heterocycles. The molecule has 112 valence electrons. The molecule has 0 fully saturated rings. The van der Waals surface area contributed by atoms with E-state index in [1.165, 1.54) is 18.4 Å². The third-order valence-electron chi connectivity index (χ3n) is 2.93. The van der Waals surface area contributed by atoms with Crippen LogP contribution in [0.4, 0.5) is 5.00 Å². The summed E-state index contributed by atoms with van der Waals surface area (Å²) in [6.07, 6.45) is 0.370. The summed E-state index contributed by atoms with van der Waals surface area (Å²) in [5.41, 5.74) is 1.32. The van der Waals surface area contributed by atoms with Crippen LogP contribution in [0.1, 0.15) is 41.1 Å². The number of hydrogen-bond acceptors (Lipinski definition) is 5. The number of methoxy groups -OCH3 is 1. The van der Waals surface area contributed by atoms with Gasteiger partial charge in [-0.2, -0.15) is 0 Å². The maximum atomic E-state index is 11.9. The first-order valence-corrected chi connectivity index (χ1v) is 7.40. The van der Waals surface area contributed by atoms with Crippen molar-refractivity contribution in [1.82, 2.24) is 5.32 Å². The minimum absolute atomic E-state index is 0.107. The Labute approximate surface area is 123 Å². The normalized spacial score (nSPS) is 10.7. The topological polar surface area (TPSA) is 67.4 Å². The number of rotatable bonds is 6. The largest absolute Gasteiger partial charge is 0.465 e. The number of anilines is 1. The zero-order valence-electron chi connectivity index (χ0n) is 12.6. The predicted octanol–water partition coefficient (Wildman–Crippen LogP) is 2.48. The van der Waals surface area contributed by atoms with Gasteiger partial charge in [0.15, 0.2) is 0 Å². The number of aryl methyl sites for hydroxylation is 1. The Morgan fingerprint density at radius 1 is 1.30 bits per heavy atom. The van der Waals surface area contributed by atoms with E-state index in [4.69, 9.17) is 4.74 Å². The predicted molar refractivity (Wildman–Crippen MR) is 81.5 cm³/mol. The number of esters is 1.